The van der Waals surface area contributed by atoms with E-state index in [1.54, 1.807) is 18.2 Å². The predicted molar refractivity (Wildman–Crippen MR) is 210 cm³/mol. The van der Waals surface area contributed by atoms with Crippen molar-refractivity contribution < 1.29 is 37.3 Å². The lowest BCUT2D eigenvalue weighted by atomic mass is 9.99. The van der Waals surface area contributed by atoms with Crippen LogP contribution in [0, 0.1) is 0 Å². The van der Waals surface area contributed by atoms with Gasteiger partial charge in [0.15, 0.2) is 0 Å². The summed E-state index contributed by atoms with van der Waals surface area (Å²) in [7, 11) is 0. The second-order valence-electron chi connectivity index (χ2n) is 10.6. The van der Waals surface area contributed by atoms with Gasteiger partial charge in [0.2, 0.25) is 0 Å². The highest BCUT2D eigenvalue weighted by Crippen LogP contribution is 2.45. The third kappa shape index (κ3) is 4.55. The van der Waals surface area contributed by atoms with Gasteiger partial charge in [-0.1, -0.05) is 121 Å². The van der Waals surface area contributed by atoms with Crippen LogP contribution in [0.5, 0.6) is 0 Å². The molecule has 0 saturated heterocycles. The van der Waals surface area contributed by atoms with Gasteiger partial charge in [-0.15, -0.1) is 11.3 Å². The molecule has 2 aromatic heterocycles. The maximum atomic E-state index is 9.76. The molecule has 0 unspecified atom stereocenters. The SMILES string of the molecule is [2H]c1c([2H])c(N(c2c([2H])c([2H])c(-c3c([2H])c([2H])c([2H])c4sc5c([2H])c([2H])c([2H])c([2H])c5c34)c([2H])c2[2H])c2c([2H])c([2H])c([2H])c3oc4c5c([2H])c([2H])c([2H])c([2H])c5c([2H])c([2H])c4c23)c([2H])c([2H])c1-c1ccccc1. The fourth-order valence-electron chi connectivity index (χ4n) is 5.71. The first-order chi connectivity index (χ1) is 34.3. The summed E-state index contributed by atoms with van der Waals surface area (Å²) in [5, 5.41) is -2.51. The van der Waals surface area contributed by atoms with Gasteiger partial charge >= 0.3 is 0 Å². The Morgan fingerprint density at radius 2 is 1.18 bits per heavy atom. The Morgan fingerprint density at radius 1 is 0.490 bits per heavy atom. The van der Waals surface area contributed by atoms with Gasteiger partial charge in [0.1, 0.15) is 11.2 Å². The average molecular weight is 668 g/mol. The third-order valence-electron chi connectivity index (χ3n) is 7.88. The van der Waals surface area contributed by atoms with Crippen molar-refractivity contribution in [3.05, 3.63) is 175 Å². The van der Waals surface area contributed by atoms with Crippen LogP contribution in [0.4, 0.5) is 17.1 Å². The number of hydrogen-bond acceptors (Lipinski definition) is 3. The van der Waals surface area contributed by atoms with Gasteiger partial charge in [-0.25, -0.2) is 0 Å². The zero-order valence-corrected chi connectivity index (χ0v) is 25.5. The lowest BCUT2D eigenvalue weighted by molar-refractivity contribution is 0.672. The Labute approximate surface area is 321 Å². The first-order valence-corrected chi connectivity index (χ1v) is 15.5. The average Bonchev–Trinajstić information content (AvgIpc) is 3.97. The third-order valence-corrected chi connectivity index (χ3v) is 8.90. The van der Waals surface area contributed by atoms with Gasteiger partial charge in [-0.2, -0.15) is 0 Å². The number of fused-ring (bicyclic) bond motifs is 8. The minimum absolute atomic E-state index is 0.0996. The van der Waals surface area contributed by atoms with Gasteiger partial charge < -0.3 is 9.32 Å². The summed E-state index contributed by atoms with van der Waals surface area (Å²) in [6.07, 6.45) is 0. The van der Waals surface area contributed by atoms with Crippen LogP contribution in [-0.2, 0) is 0 Å². The van der Waals surface area contributed by atoms with Crippen LogP contribution in [-0.4, -0.2) is 0 Å². The smallest absolute Gasteiger partial charge is 0.143 e. The number of anilines is 3. The number of thiophene rings is 1. The Hall–Kier alpha value is -6.16. The van der Waals surface area contributed by atoms with Crippen molar-refractivity contribution in [2.75, 3.05) is 4.90 Å². The minimum atomic E-state index is -1.09. The summed E-state index contributed by atoms with van der Waals surface area (Å²) >= 11 is 0.688. The molecule has 0 atom stereocenters. The van der Waals surface area contributed by atoms with E-state index < -0.39 is 206 Å². The molecule has 0 N–H and O–H groups in total. The summed E-state index contributed by atoms with van der Waals surface area (Å²) in [5.74, 6) is 0. The summed E-state index contributed by atoms with van der Waals surface area (Å²) < 4.78 is 224. The Morgan fingerprint density at radius 3 is 2.00 bits per heavy atom. The molecule has 49 heavy (non-hydrogen) atoms. The maximum absolute atomic E-state index is 9.76. The van der Waals surface area contributed by atoms with E-state index in [9.17, 15) is 13.7 Å². The van der Waals surface area contributed by atoms with Crippen molar-refractivity contribution in [3.63, 3.8) is 0 Å². The maximum Gasteiger partial charge on any atom is 0.143 e. The molecule has 10 aromatic rings. The number of nitrogens with zero attached hydrogens (tertiary/aromatic N) is 1. The molecule has 0 bridgehead atoms. The molecule has 230 valence electrons. The van der Waals surface area contributed by atoms with Crippen LogP contribution in [0.1, 0.15) is 32.9 Å². The second-order valence-corrected chi connectivity index (χ2v) is 11.7. The lowest BCUT2D eigenvalue weighted by Gasteiger charge is -2.26. The number of rotatable bonds is 5. The molecule has 3 heteroatoms. The molecule has 8 aromatic carbocycles. The highest BCUT2D eigenvalue weighted by molar-refractivity contribution is 7.25. The molecule has 0 radical (unpaired) electrons. The van der Waals surface area contributed by atoms with Crippen molar-refractivity contribution in [1.82, 2.24) is 0 Å². The van der Waals surface area contributed by atoms with Crippen LogP contribution in [0.3, 0.4) is 0 Å². The van der Waals surface area contributed by atoms with E-state index in [1.165, 1.54) is 12.1 Å². The lowest BCUT2D eigenvalue weighted by Crippen LogP contribution is -2.10. The summed E-state index contributed by atoms with van der Waals surface area (Å²) in [4.78, 5) is 0.612. The Balaban J connectivity index is 1.42. The molecular weight excluding hydrogens is 615 g/mol. The molecule has 2 heterocycles. The molecule has 0 aliphatic rings. The summed E-state index contributed by atoms with van der Waals surface area (Å²) in [6, 6.07) is -11.7. The van der Waals surface area contributed by atoms with E-state index in [0.29, 0.717) is 16.2 Å². The molecule has 0 saturated carbocycles. The molecule has 10 rings (SSSR count). The molecule has 0 fully saturated rings. The molecule has 2 nitrogen and oxygen atoms in total. The van der Waals surface area contributed by atoms with E-state index in [2.05, 4.69) is 0 Å². The molecule has 0 spiro atoms. The fourth-order valence-corrected chi connectivity index (χ4v) is 6.68. The van der Waals surface area contributed by atoms with Gasteiger partial charge in [0.25, 0.3) is 0 Å². The Bertz CT molecular complexity index is 4150. The van der Waals surface area contributed by atoms with Crippen LogP contribution in [0.15, 0.2) is 180 Å². The van der Waals surface area contributed by atoms with Crippen molar-refractivity contribution in [3.8, 4) is 22.3 Å². The number of benzene rings is 8. The zero-order chi connectivity index (χ0) is 53.2. The first kappa shape index (κ1) is 13.0. The standard InChI is InChI=1S/C46H29NOS/c1-2-10-30(11-3-1)31-20-25-34(26-21-31)47(40-16-9-17-41-45(40)39-29-24-32-12-4-5-13-37(32)46(39)48-41)35-27-22-33(23-28-35)36-15-8-19-43-44(36)38-14-6-7-18-42(38)49-43/h1-29H/i4D,5D,6D,7D,8D,9D,12D,13D,14D,15D,16D,17D,18D,19D,20D,21D,22D,23D,24D,25D,26D,27D,28D,29D. The van der Waals surface area contributed by atoms with E-state index in [0.717, 1.165) is 0 Å². The van der Waals surface area contributed by atoms with Crippen LogP contribution in [0.25, 0.3) is 75.1 Å². The van der Waals surface area contributed by atoms with Crippen LogP contribution < -0.4 is 4.90 Å². The second kappa shape index (κ2) is 11.2. The van der Waals surface area contributed by atoms with E-state index >= 15 is 0 Å². The summed E-state index contributed by atoms with van der Waals surface area (Å²) in [5.41, 5.74) is -5.08. The van der Waals surface area contributed by atoms with Crippen molar-refractivity contribution in [2.45, 2.75) is 0 Å². The largest absolute Gasteiger partial charge is 0.455 e. The number of hydrogen-bond donors (Lipinski definition) is 0. The quantitative estimate of drug-likeness (QED) is 0.182. The molecule has 0 aliphatic heterocycles. The summed E-state index contributed by atoms with van der Waals surface area (Å²) in [6.45, 7) is 0. The highest BCUT2D eigenvalue weighted by Gasteiger charge is 2.21. The van der Waals surface area contributed by atoms with Gasteiger partial charge in [0.05, 0.1) is 44.0 Å². The van der Waals surface area contributed by atoms with E-state index in [4.69, 9.17) is 23.6 Å². The van der Waals surface area contributed by atoms with Crippen LogP contribution in [0.2, 0.25) is 0 Å². The fraction of sp³-hybridized carbons (Fsp3) is 0. The van der Waals surface area contributed by atoms with Crippen molar-refractivity contribution >= 4 is 81.3 Å². The minimum Gasteiger partial charge on any atom is -0.455 e. The number of furan rings is 1. The highest BCUT2D eigenvalue weighted by atomic mass is 32.1. The normalized spacial score (nSPS) is 18.5. The topological polar surface area (TPSA) is 16.4 Å². The first-order valence-electron chi connectivity index (χ1n) is 26.6. The van der Waals surface area contributed by atoms with Crippen LogP contribution >= 0.6 is 11.3 Å². The monoisotopic (exact) mass is 667 g/mol. The zero-order valence-electron chi connectivity index (χ0n) is 48.7. The van der Waals surface area contributed by atoms with Crippen molar-refractivity contribution in [1.29, 1.82) is 0 Å². The molecular formula is C46H29NOS. The van der Waals surface area contributed by atoms with Gasteiger partial charge in [-0.3, -0.25) is 0 Å². The Kier molecular flexibility index (Phi) is 2.99. The van der Waals surface area contributed by atoms with E-state index in [1.807, 2.05) is 0 Å². The van der Waals surface area contributed by atoms with Gasteiger partial charge in [0, 0.05) is 42.3 Å². The van der Waals surface area contributed by atoms with Crippen molar-refractivity contribution in [2.24, 2.45) is 0 Å². The van der Waals surface area contributed by atoms with E-state index in [-0.39, 0.29) is 31.3 Å². The molecule has 0 amide bonds. The van der Waals surface area contributed by atoms with Gasteiger partial charge in [-0.05, 0) is 82.0 Å². The predicted octanol–water partition coefficient (Wildman–Crippen LogP) is 13.9. The molecule has 0 aliphatic carbocycles.